The Hall–Kier alpha value is -3.13. The Labute approximate surface area is 160 Å². The number of anilines is 1. The smallest absolute Gasteiger partial charge is 0.257 e. The molecule has 0 saturated carbocycles. The molecule has 0 unspecified atom stereocenters. The van der Waals surface area contributed by atoms with E-state index in [9.17, 15) is 4.79 Å². The zero-order chi connectivity index (χ0) is 19.2. The number of methoxy groups -OCH3 is 2. The molecule has 7 nitrogen and oxygen atoms in total. The largest absolute Gasteiger partial charge is 0.497 e. The highest BCUT2D eigenvalue weighted by Gasteiger charge is 2.15. The molecule has 1 aromatic heterocycles. The average Bonchev–Trinajstić information content (AvgIpc) is 3.16. The van der Waals surface area contributed by atoms with E-state index in [1.165, 1.54) is 11.3 Å². The molecule has 140 valence electrons. The maximum Gasteiger partial charge on any atom is 0.257 e. The van der Waals surface area contributed by atoms with Crippen molar-refractivity contribution in [3.8, 4) is 27.8 Å². The number of hydrogen-bond donors (Lipinski definition) is 1. The predicted molar refractivity (Wildman–Crippen MR) is 104 cm³/mol. The van der Waals surface area contributed by atoms with E-state index in [2.05, 4.69) is 15.5 Å². The van der Waals surface area contributed by atoms with Crippen molar-refractivity contribution in [2.24, 2.45) is 0 Å². The summed E-state index contributed by atoms with van der Waals surface area (Å²) >= 11 is 1.26. The van der Waals surface area contributed by atoms with Gasteiger partial charge in [0.05, 0.1) is 26.4 Å². The van der Waals surface area contributed by atoms with Crippen LogP contribution in [-0.4, -0.2) is 36.9 Å². The van der Waals surface area contributed by atoms with Gasteiger partial charge in [-0.3, -0.25) is 10.1 Å². The Balaban J connectivity index is 1.75. The SMILES string of the molecule is CCOc1ccc(C(=O)Nc2nnc(-c3ccc(OC)cc3OC)s2)cc1. The summed E-state index contributed by atoms with van der Waals surface area (Å²) in [5.41, 5.74) is 1.29. The second-order valence-corrected chi connectivity index (χ2v) is 6.37. The van der Waals surface area contributed by atoms with Gasteiger partial charge in [0.25, 0.3) is 5.91 Å². The van der Waals surface area contributed by atoms with Gasteiger partial charge in [-0.2, -0.15) is 0 Å². The van der Waals surface area contributed by atoms with E-state index in [1.807, 2.05) is 19.1 Å². The van der Waals surface area contributed by atoms with E-state index in [1.54, 1.807) is 44.6 Å². The zero-order valence-corrected chi connectivity index (χ0v) is 16.0. The van der Waals surface area contributed by atoms with Crippen LogP contribution in [0.5, 0.6) is 17.2 Å². The molecule has 2 aromatic carbocycles. The van der Waals surface area contributed by atoms with Gasteiger partial charge in [-0.05, 0) is 43.3 Å². The van der Waals surface area contributed by atoms with Crippen molar-refractivity contribution in [1.29, 1.82) is 0 Å². The molecule has 3 aromatic rings. The minimum atomic E-state index is -0.262. The van der Waals surface area contributed by atoms with Gasteiger partial charge in [0.1, 0.15) is 17.2 Å². The first-order valence-electron chi connectivity index (χ1n) is 8.24. The highest BCUT2D eigenvalue weighted by Crippen LogP contribution is 2.36. The Bertz CT molecular complexity index is 925. The van der Waals surface area contributed by atoms with E-state index >= 15 is 0 Å². The molecule has 0 fully saturated rings. The Morgan fingerprint density at radius 3 is 2.44 bits per heavy atom. The fourth-order valence-electron chi connectivity index (χ4n) is 2.40. The van der Waals surface area contributed by atoms with Crippen LogP contribution in [0.15, 0.2) is 42.5 Å². The zero-order valence-electron chi connectivity index (χ0n) is 15.2. The number of hydrogen-bond acceptors (Lipinski definition) is 7. The molecule has 3 rings (SSSR count). The molecule has 0 atom stereocenters. The Morgan fingerprint density at radius 2 is 1.78 bits per heavy atom. The monoisotopic (exact) mass is 385 g/mol. The number of carbonyl (C=O) groups is 1. The molecule has 1 heterocycles. The van der Waals surface area contributed by atoms with Gasteiger partial charge in [0.15, 0.2) is 5.01 Å². The average molecular weight is 385 g/mol. The third-order valence-corrected chi connectivity index (χ3v) is 4.58. The summed E-state index contributed by atoms with van der Waals surface area (Å²) in [5.74, 6) is 1.76. The van der Waals surface area contributed by atoms with Crippen LogP contribution in [0.25, 0.3) is 10.6 Å². The number of aromatic nitrogens is 2. The second kappa shape index (κ2) is 8.50. The minimum Gasteiger partial charge on any atom is -0.497 e. The number of nitrogens with one attached hydrogen (secondary N) is 1. The standard InChI is InChI=1S/C19H19N3O4S/c1-4-26-13-7-5-12(6-8-13)17(23)20-19-22-21-18(27-19)15-10-9-14(24-2)11-16(15)25-3/h5-11H,4H2,1-3H3,(H,20,22,23). The van der Waals surface area contributed by atoms with Gasteiger partial charge in [-0.25, -0.2) is 0 Å². The lowest BCUT2D eigenvalue weighted by molar-refractivity contribution is 0.102. The lowest BCUT2D eigenvalue weighted by atomic mass is 10.2. The molecule has 0 bridgehead atoms. The van der Waals surface area contributed by atoms with Crippen LogP contribution in [0.2, 0.25) is 0 Å². The van der Waals surface area contributed by atoms with Crippen LogP contribution in [0, 0.1) is 0 Å². The molecule has 0 aliphatic rings. The lowest BCUT2D eigenvalue weighted by Gasteiger charge is -2.07. The topological polar surface area (TPSA) is 82.6 Å². The molecular formula is C19H19N3O4S. The first-order valence-corrected chi connectivity index (χ1v) is 9.06. The number of rotatable bonds is 7. The third-order valence-electron chi connectivity index (χ3n) is 3.71. The van der Waals surface area contributed by atoms with Crippen molar-refractivity contribution in [3.63, 3.8) is 0 Å². The summed E-state index contributed by atoms with van der Waals surface area (Å²) in [5, 5.41) is 12.0. The summed E-state index contributed by atoms with van der Waals surface area (Å²) in [6, 6.07) is 12.4. The van der Waals surface area contributed by atoms with Crippen LogP contribution < -0.4 is 19.5 Å². The molecule has 0 saturated heterocycles. The maximum absolute atomic E-state index is 12.4. The number of benzene rings is 2. The Kier molecular flexibility index (Phi) is 5.87. The van der Waals surface area contributed by atoms with E-state index < -0.39 is 0 Å². The fourth-order valence-corrected chi connectivity index (χ4v) is 3.17. The Morgan fingerprint density at radius 1 is 1.04 bits per heavy atom. The maximum atomic E-state index is 12.4. The van der Waals surface area contributed by atoms with Gasteiger partial charge in [0, 0.05) is 11.6 Å². The van der Waals surface area contributed by atoms with Crippen molar-refractivity contribution in [1.82, 2.24) is 10.2 Å². The quantitative estimate of drug-likeness (QED) is 0.665. The first kappa shape index (κ1) is 18.7. The summed E-state index contributed by atoms with van der Waals surface area (Å²) in [4.78, 5) is 12.4. The minimum absolute atomic E-state index is 0.262. The highest BCUT2D eigenvalue weighted by atomic mass is 32.1. The van der Waals surface area contributed by atoms with Gasteiger partial charge >= 0.3 is 0 Å². The molecule has 8 heteroatoms. The van der Waals surface area contributed by atoms with E-state index in [4.69, 9.17) is 14.2 Å². The summed E-state index contributed by atoms with van der Waals surface area (Å²) in [7, 11) is 3.17. The third kappa shape index (κ3) is 4.35. The molecule has 0 radical (unpaired) electrons. The predicted octanol–water partition coefficient (Wildman–Crippen LogP) is 3.87. The second-order valence-electron chi connectivity index (χ2n) is 5.39. The lowest BCUT2D eigenvalue weighted by Crippen LogP contribution is -2.11. The van der Waals surface area contributed by atoms with E-state index in [0.29, 0.717) is 33.8 Å². The normalized spacial score (nSPS) is 10.3. The fraction of sp³-hybridized carbons (Fsp3) is 0.211. The molecule has 27 heavy (non-hydrogen) atoms. The summed E-state index contributed by atoms with van der Waals surface area (Å²) in [6.07, 6.45) is 0. The molecule has 0 aliphatic heterocycles. The van der Waals surface area contributed by atoms with Crippen LogP contribution in [0.3, 0.4) is 0 Å². The summed E-state index contributed by atoms with van der Waals surface area (Å²) in [6.45, 7) is 2.49. The van der Waals surface area contributed by atoms with Crippen molar-refractivity contribution in [2.75, 3.05) is 26.1 Å². The van der Waals surface area contributed by atoms with Crippen molar-refractivity contribution < 1.29 is 19.0 Å². The number of ether oxygens (including phenoxy) is 3. The van der Waals surface area contributed by atoms with Gasteiger partial charge in [-0.1, -0.05) is 11.3 Å². The van der Waals surface area contributed by atoms with Gasteiger partial charge in [0.2, 0.25) is 5.13 Å². The number of amides is 1. The van der Waals surface area contributed by atoms with Crippen molar-refractivity contribution >= 4 is 22.4 Å². The molecule has 0 spiro atoms. The van der Waals surface area contributed by atoms with Crippen LogP contribution >= 0.6 is 11.3 Å². The first-order chi connectivity index (χ1) is 13.1. The highest BCUT2D eigenvalue weighted by molar-refractivity contribution is 7.18. The molecule has 1 amide bonds. The summed E-state index contributed by atoms with van der Waals surface area (Å²) < 4.78 is 16.0. The molecule has 1 N–H and O–H groups in total. The van der Waals surface area contributed by atoms with Crippen molar-refractivity contribution in [2.45, 2.75) is 6.92 Å². The van der Waals surface area contributed by atoms with Gasteiger partial charge < -0.3 is 14.2 Å². The molecule has 0 aliphatic carbocycles. The van der Waals surface area contributed by atoms with Crippen molar-refractivity contribution in [3.05, 3.63) is 48.0 Å². The van der Waals surface area contributed by atoms with Crippen LogP contribution in [0.4, 0.5) is 5.13 Å². The molecular weight excluding hydrogens is 366 g/mol. The number of carbonyl (C=O) groups excluding carboxylic acids is 1. The van der Waals surface area contributed by atoms with Gasteiger partial charge in [-0.15, -0.1) is 10.2 Å². The van der Waals surface area contributed by atoms with E-state index in [-0.39, 0.29) is 5.91 Å². The number of nitrogens with zero attached hydrogens (tertiary/aromatic N) is 2. The van der Waals surface area contributed by atoms with E-state index in [0.717, 1.165) is 11.3 Å². The van der Waals surface area contributed by atoms with Crippen LogP contribution in [0.1, 0.15) is 17.3 Å². The van der Waals surface area contributed by atoms with Crippen LogP contribution in [-0.2, 0) is 0 Å².